The predicted molar refractivity (Wildman–Crippen MR) is 98.1 cm³/mol. The van der Waals surface area contributed by atoms with Gasteiger partial charge in [-0.2, -0.15) is 5.10 Å². The van der Waals surface area contributed by atoms with Crippen molar-refractivity contribution in [2.24, 2.45) is 5.10 Å². The van der Waals surface area contributed by atoms with Gasteiger partial charge in [0.1, 0.15) is 5.76 Å². The summed E-state index contributed by atoms with van der Waals surface area (Å²) < 4.78 is 5.99. The molecule has 1 amide bonds. The van der Waals surface area contributed by atoms with Crippen LogP contribution in [0.2, 0.25) is 0 Å². The molecular weight excluding hydrogens is 314 g/mol. The van der Waals surface area contributed by atoms with E-state index in [1.54, 1.807) is 0 Å². The van der Waals surface area contributed by atoms with Crippen LogP contribution in [0.3, 0.4) is 0 Å². The van der Waals surface area contributed by atoms with Crippen LogP contribution in [0.15, 0.2) is 39.9 Å². The quantitative estimate of drug-likeness (QED) is 0.862. The highest BCUT2D eigenvalue weighted by molar-refractivity contribution is 6.06. The van der Waals surface area contributed by atoms with Gasteiger partial charge >= 0.3 is 0 Å². The number of fused-ring (bicyclic) bond motifs is 1. The average Bonchev–Trinajstić information content (AvgIpc) is 3.29. The number of aryl methyl sites for hydroxylation is 1. The topological polar surface area (TPSA) is 57.8 Å². The Morgan fingerprint density at radius 3 is 2.64 bits per heavy atom. The first-order valence-electron chi connectivity index (χ1n) is 9.03. The molecule has 2 aliphatic rings. The highest BCUT2D eigenvalue weighted by Gasteiger charge is 2.30. The molecule has 1 aromatic carbocycles. The van der Waals surface area contributed by atoms with Crippen molar-refractivity contribution in [1.29, 1.82) is 0 Å². The average molecular weight is 337 g/mol. The van der Waals surface area contributed by atoms with Crippen molar-refractivity contribution in [3.63, 3.8) is 0 Å². The first-order chi connectivity index (χ1) is 12.2. The van der Waals surface area contributed by atoms with Gasteiger partial charge in [-0.15, -0.1) is 0 Å². The Balaban J connectivity index is 1.63. The number of carbonyl (C=O) groups is 1. The third-order valence-corrected chi connectivity index (χ3v) is 5.01. The Labute approximate surface area is 147 Å². The molecule has 0 spiro atoms. The lowest BCUT2D eigenvalue weighted by molar-refractivity contribution is 0.0758. The molecule has 0 radical (unpaired) electrons. The van der Waals surface area contributed by atoms with Crippen LogP contribution in [0.4, 0.5) is 5.69 Å². The number of rotatable bonds is 3. The molecule has 0 unspecified atom stereocenters. The van der Waals surface area contributed by atoms with Gasteiger partial charge in [-0.1, -0.05) is 18.2 Å². The maximum Gasteiger partial charge on any atom is 0.289 e. The standard InChI is InChI=1S/C20H23N3O2/c1-14-18-16(22-21-15-8-3-2-4-9-15)10-7-11-17(18)25-19(14)20(24)23-12-5-6-13-23/h2-4,8-9,21H,5-7,10-13H2,1H3/b22-16+. The molecule has 1 fully saturated rings. The minimum absolute atomic E-state index is 0.0276. The van der Waals surface area contributed by atoms with Crippen LogP contribution in [-0.2, 0) is 6.42 Å². The van der Waals surface area contributed by atoms with Gasteiger partial charge in [0.25, 0.3) is 5.91 Å². The van der Waals surface area contributed by atoms with Crippen LogP contribution >= 0.6 is 0 Å². The number of likely N-dealkylation sites (tertiary alicyclic amines) is 1. The van der Waals surface area contributed by atoms with Gasteiger partial charge in [0.2, 0.25) is 0 Å². The molecule has 2 aromatic rings. The van der Waals surface area contributed by atoms with Crippen LogP contribution in [0.5, 0.6) is 0 Å². The van der Waals surface area contributed by atoms with Gasteiger partial charge in [-0.3, -0.25) is 10.2 Å². The van der Waals surface area contributed by atoms with Crippen LogP contribution in [0.25, 0.3) is 0 Å². The molecule has 25 heavy (non-hydrogen) atoms. The van der Waals surface area contributed by atoms with E-state index >= 15 is 0 Å². The van der Waals surface area contributed by atoms with Gasteiger partial charge in [-0.25, -0.2) is 0 Å². The van der Waals surface area contributed by atoms with E-state index < -0.39 is 0 Å². The van der Waals surface area contributed by atoms with E-state index in [9.17, 15) is 4.79 Å². The van der Waals surface area contributed by atoms with E-state index in [4.69, 9.17) is 4.42 Å². The second kappa shape index (κ2) is 6.75. The number of hydrogen-bond acceptors (Lipinski definition) is 4. The van der Waals surface area contributed by atoms with Crippen molar-refractivity contribution in [2.45, 2.75) is 39.0 Å². The lowest BCUT2D eigenvalue weighted by Gasteiger charge is -2.14. The minimum Gasteiger partial charge on any atom is -0.455 e. The van der Waals surface area contributed by atoms with Crippen LogP contribution < -0.4 is 5.43 Å². The van der Waals surface area contributed by atoms with Crippen molar-refractivity contribution in [3.8, 4) is 0 Å². The monoisotopic (exact) mass is 337 g/mol. The molecule has 2 heterocycles. The van der Waals surface area contributed by atoms with Gasteiger partial charge in [0, 0.05) is 30.6 Å². The van der Waals surface area contributed by atoms with Crippen LogP contribution in [0, 0.1) is 6.92 Å². The number of carbonyl (C=O) groups excluding carboxylic acids is 1. The molecule has 4 rings (SSSR count). The third-order valence-electron chi connectivity index (χ3n) is 5.01. The minimum atomic E-state index is 0.0276. The Kier molecular flexibility index (Phi) is 4.30. The van der Waals surface area contributed by atoms with Crippen LogP contribution in [-0.4, -0.2) is 29.6 Å². The molecule has 130 valence electrons. The summed E-state index contributed by atoms with van der Waals surface area (Å²) in [4.78, 5) is 14.6. The van der Waals surface area contributed by atoms with Crippen LogP contribution in [0.1, 0.15) is 53.1 Å². The number of benzene rings is 1. The van der Waals surface area contributed by atoms with Crippen molar-refractivity contribution < 1.29 is 9.21 Å². The summed E-state index contributed by atoms with van der Waals surface area (Å²) in [5, 5.41) is 4.61. The summed E-state index contributed by atoms with van der Waals surface area (Å²) in [6.45, 7) is 3.65. The zero-order valence-electron chi connectivity index (χ0n) is 14.5. The molecule has 5 nitrogen and oxygen atoms in total. The molecule has 0 saturated carbocycles. The number of nitrogens with zero attached hydrogens (tertiary/aromatic N) is 2. The smallest absolute Gasteiger partial charge is 0.289 e. The number of anilines is 1. The molecule has 1 saturated heterocycles. The summed E-state index contributed by atoms with van der Waals surface area (Å²) in [5.41, 5.74) is 7.02. The van der Waals surface area contributed by atoms with Gasteiger partial charge in [0.05, 0.1) is 11.4 Å². The number of nitrogens with one attached hydrogen (secondary N) is 1. The fraction of sp³-hybridized carbons (Fsp3) is 0.400. The highest BCUT2D eigenvalue weighted by atomic mass is 16.4. The normalized spacial score (nSPS) is 18.4. The Hall–Kier alpha value is -2.56. The summed E-state index contributed by atoms with van der Waals surface area (Å²) in [5.74, 6) is 1.43. The largest absolute Gasteiger partial charge is 0.455 e. The highest BCUT2D eigenvalue weighted by Crippen LogP contribution is 2.31. The maximum atomic E-state index is 12.7. The van der Waals surface area contributed by atoms with Crippen molar-refractivity contribution in [2.75, 3.05) is 18.5 Å². The lowest BCUT2D eigenvalue weighted by atomic mass is 9.93. The number of hydrogen-bond donors (Lipinski definition) is 1. The fourth-order valence-corrected chi connectivity index (χ4v) is 3.69. The molecule has 1 aliphatic heterocycles. The second-order valence-corrected chi connectivity index (χ2v) is 6.74. The van der Waals surface area contributed by atoms with Gasteiger partial charge < -0.3 is 9.32 Å². The Morgan fingerprint density at radius 1 is 1.12 bits per heavy atom. The van der Waals surface area contributed by atoms with E-state index in [0.717, 1.165) is 73.5 Å². The number of hydrazone groups is 1. The summed E-state index contributed by atoms with van der Waals surface area (Å²) >= 11 is 0. The van der Waals surface area contributed by atoms with E-state index in [-0.39, 0.29) is 5.91 Å². The molecule has 1 aromatic heterocycles. The summed E-state index contributed by atoms with van der Waals surface area (Å²) in [6.07, 6.45) is 4.92. The van der Waals surface area contributed by atoms with Gasteiger partial charge in [-0.05, 0) is 44.7 Å². The zero-order chi connectivity index (χ0) is 17.2. The van der Waals surface area contributed by atoms with Crippen molar-refractivity contribution >= 4 is 17.3 Å². The third kappa shape index (κ3) is 3.06. The molecule has 1 N–H and O–H groups in total. The molecule has 0 bridgehead atoms. The van der Waals surface area contributed by atoms with E-state index in [1.165, 1.54) is 0 Å². The predicted octanol–water partition coefficient (Wildman–Crippen LogP) is 3.98. The van der Waals surface area contributed by atoms with Crippen molar-refractivity contribution in [3.05, 3.63) is 53.0 Å². The first kappa shape index (κ1) is 15.9. The first-order valence-corrected chi connectivity index (χ1v) is 9.03. The number of amides is 1. The molecule has 0 atom stereocenters. The SMILES string of the molecule is Cc1c(C(=O)N2CCCC2)oc2c1/C(=N/Nc1ccccc1)CCC2. The fourth-order valence-electron chi connectivity index (χ4n) is 3.69. The summed E-state index contributed by atoms with van der Waals surface area (Å²) in [7, 11) is 0. The van der Waals surface area contributed by atoms with Gasteiger partial charge in [0.15, 0.2) is 5.76 Å². The van der Waals surface area contributed by atoms with E-state index in [2.05, 4.69) is 10.5 Å². The maximum absolute atomic E-state index is 12.7. The van der Waals surface area contributed by atoms with E-state index in [1.807, 2.05) is 42.2 Å². The zero-order valence-corrected chi connectivity index (χ0v) is 14.5. The number of furan rings is 1. The second-order valence-electron chi connectivity index (χ2n) is 6.74. The summed E-state index contributed by atoms with van der Waals surface area (Å²) in [6, 6.07) is 9.90. The lowest BCUT2D eigenvalue weighted by Crippen LogP contribution is -2.27. The van der Waals surface area contributed by atoms with Crippen molar-refractivity contribution in [1.82, 2.24) is 4.90 Å². The Morgan fingerprint density at radius 2 is 1.88 bits per heavy atom. The molecular formula is C20H23N3O2. The molecule has 5 heteroatoms. The molecule has 1 aliphatic carbocycles. The van der Waals surface area contributed by atoms with E-state index in [0.29, 0.717) is 5.76 Å². The Bertz CT molecular complexity index is 802. The number of para-hydroxylation sites is 1.